The summed E-state index contributed by atoms with van der Waals surface area (Å²) in [5.41, 5.74) is 2.06. The predicted octanol–water partition coefficient (Wildman–Crippen LogP) is 2.57. The average molecular weight is 484 g/mol. The van der Waals surface area contributed by atoms with Crippen LogP contribution in [0.5, 0.6) is 0 Å². The zero-order valence-corrected chi connectivity index (χ0v) is 20.4. The van der Waals surface area contributed by atoms with Crippen molar-refractivity contribution in [3.8, 4) is 11.4 Å². The van der Waals surface area contributed by atoms with Crippen LogP contribution in [0.1, 0.15) is 24.4 Å². The molecule has 34 heavy (non-hydrogen) atoms. The van der Waals surface area contributed by atoms with E-state index in [9.17, 15) is 13.2 Å². The number of rotatable bonds is 7. The van der Waals surface area contributed by atoms with E-state index in [1.807, 2.05) is 38.1 Å². The Morgan fingerprint density at radius 2 is 1.71 bits per heavy atom. The fraction of sp³-hybridized carbons (Fsp3) is 0.375. The summed E-state index contributed by atoms with van der Waals surface area (Å²) in [7, 11) is -2.28. The Morgan fingerprint density at radius 3 is 2.35 bits per heavy atom. The molecular formula is C24H29N5O4S. The van der Waals surface area contributed by atoms with Crippen molar-refractivity contribution in [1.29, 1.82) is 0 Å². The number of aromatic nitrogens is 2. The van der Waals surface area contributed by atoms with Gasteiger partial charge in [0.15, 0.2) is 0 Å². The molecule has 1 atom stereocenters. The normalized spacial score (nSPS) is 16.1. The van der Waals surface area contributed by atoms with Gasteiger partial charge in [-0.3, -0.25) is 9.69 Å². The minimum atomic E-state index is -3.71. The van der Waals surface area contributed by atoms with E-state index in [1.54, 1.807) is 23.1 Å². The van der Waals surface area contributed by atoms with Crippen LogP contribution < -0.4 is 0 Å². The Morgan fingerprint density at radius 1 is 1.06 bits per heavy atom. The highest BCUT2D eigenvalue weighted by atomic mass is 32.2. The second-order valence-electron chi connectivity index (χ2n) is 8.49. The van der Waals surface area contributed by atoms with Crippen LogP contribution in [0.15, 0.2) is 64.0 Å². The van der Waals surface area contributed by atoms with E-state index in [1.165, 1.54) is 19.2 Å². The van der Waals surface area contributed by atoms with Crippen LogP contribution in [-0.2, 0) is 14.8 Å². The molecule has 0 spiro atoms. The van der Waals surface area contributed by atoms with Crippen molar-refractivity contribution in [2.45, 2.75) is 24.8 Å². The molecule has 0 N–H and O–H groups in total. The van der Waals surface area contributed by atoms with Crippen LogP contribution in [0.3, 0.4) is 0 Å². The maximum Gasteiger partial charge on any atom is 0.244 e. The summed E-state index contributed by atoms with van der Waals surface area (Å²) in [6, 6.07) is 16.0. The molecule has 4 rings (SSSR count). The van der Waals surface area contributed by atoms with Crippen molar-refractivity contribution < 1.29 is 17.7 Å². The summed E-state index contributed by atoms with van der Waals surface area (Å²) in [5, 5.41) is 4.12. The Hall–Kier alpha value is -3.08. The van der Waals surface area contributed by atoms with E-state index in [-0.39, 0.29) is 23.4 Å². The van der Waals surface area contributed by atoms with E-state index in [0.29, 0.717) is 37.9 Å². The minimum absolute atomic E-state index is 0.0925. The van der Waals surface area contributed by atoms with Gasteiger partial charge < -0.3 is 9.42 Å². The molecule has 3 aromatic rings. The highest BCUT2D eigenvalue weighted by Crippen LogP contribution is 2.24. The topological polar surface area (TPSA) is 99.9 Å². The van der Waals surface area contributed by atoms with Gasteiger partial charge >= 0.3 is 0 Å². The number of aryl methyl sites for hydroxylation is 1. The molecule has 180 valence electrons. The number of benzene rings is 2. The van der Waals surface area contributed by atoms with E-state index in [0.717, 1.165) is 15.4 Å². The van der Waals surface area contributed by atoms with E-state index in [4.69, 9.17) is 4.52 Å². The number of hydrogen-bond acceptors (Lipinski definition) is 7. The number of nitrogens with zero attached hydrogens (tertiary/aromatic N) is 5. The maximum absolute atomic E-state index is 12.8. The van der Waals surface area contributed by atoms with Gasteiger partial charge in [-0.15, -0.1) is 0 Å². The molecule has 0 saturated carbocycles. The van der Waals surface area contributed by atoms with Gasteiger partial charge in [-0.1, -0.05) is 53.2 Å². The van der Waals surface area contributed by atoms with Crippen molar-refractivity contribution in [2.24, 2.45) is 0 Å². The average Bonchev–Trinajstić information content (AvgIpc) is 3.35. The van der Waals surface area contributed by atoms with Crippen molar-refractivity contribution in [2.75, 3.05) is 39.8 Å². The molecule has 1 aliphatic rings. The van der Waals surface area contributed by atoms with Crippen LogP contribution in [0.25, 0.3) is 11.4 Å². The molecule has 1 saturated heterocycles. The number of piperazine rings is 1. The van der Waals surface area contributed by atoms with Crippen LogP contribution in [-0.4, -0.2) is 78.3 Å². The van der Waals surface area contributed by atoms with Crippen LogP contribution >= 0.6 is 0 Å². The summed E-state index contributed by atoms with van der Waals surface area (Å²) in [4.78, 5) is 21.4. The zero-order chi connectivity index (χ0) is 24.3. The summed E-state index contributed by atoms with van der Waals surface area (Å²) in [6.45, 7) is 6.09. The third-order valence-electron chi connectivity index (χ3n) is 6.13. The highest BCUT2D eigenvalue weighted by Gasteiger charge is 2.30. The Bertz CT molecular complexity index is 1220. The second-order valence-corrected chi connectivity index (χ2v) is 10.5. The standard InChI is InChI=1S/C24H29N5O4S/c1-18-9-11-20(12-10-18)23-25-24(33-26-23)19(2)28-13-15-29(16-14-28)22(30)17-27(3)34(31,32)21-7-5-4-6-8-21/h4-12,19H,13-17H2,1-3H3. The van der Waals surface area contributed by atoms with Crippen LogP contribution in [0.2, 0.25) is 0 Å². The summed E-state index contributed by atoms with van der Waals surface area (Å²) < 4.78 is 32.0. The first kappa shape index (κ1) is 24.1. The van der Waals surface area contributed by atoms with E-state index in [2.05, 4.69) is 15.0 Å². The van der Waals surface area contributed by atoms with Crippen molar-refractivity contribution >= 4 is 15.9 Å². The van der Waals surface area contributed by atoms with Gasteiger partial charge in [0.2, 0.25) is 27.6 Å². The first-order valence-corrected chi connectivity index (χ1v) is 12.6. The number of sulfonamides is 1. The van der Waals surface area contributed by atoms with E-state index >= 15 is 0 Å². The molecule has 2 heterocycles. The monoisotopic (exact) mass is 483 g/mol. The number of carbonyl (C=O) groups is 1. The lowest BCUT2D eigenvalue weighted by molar-refractivity contribution is -0.133. The lowest BCUT2D eigenvalue weighted by Crippen LogP contribution is -2.51. The summed E-state index contributed by atoms with van der Waals surface area (Å²) in [5.74, 6) is 0.871. The third kappa shape index (κ3) is 5.19. The fourth-order valence-electron chi connectivity index (χ4n) is 3.89. The third-order valence-corrected chi connectivity index (χ3v) is 7.95. The molecule has 1 unspecified atom stereocenters. The molecule has 0 bridgehead atoms. The van der Waals surface area contributed by atoms with Crippen molar-refractivity contribution in [3.05, 3.63) is 66.1 Å². The molecule has 1 aromatic heterocycles. The molecule has 2 aromatic carbocycles. The van der Waals surface area contributed by atoms with Crippen molar-refractivity contribution in [3.63, 3.8) is 0 Å². The zero-order valence-electron chi connectivity index (χ0n) is 19.6. The molecule has 1 fully saturated rings. The van der Waals surface area contributed by atoms with Gasteiger partial charge in [-0.05, 0) is 26.0 Å². The second kappa shape index (κ2) is 10.0. The van der Waals surface area contributed by atoms with Crippen LogP contribution in [0, 0.1) is 6.92 Å². The molecule has 10 heteroatoms. The molecular weight excluding hydrogens is 454 g/mol. The predicted molar refractivity (Wildman–Crippen MR) is 127 cm³/mol. The summed E-state index contributed by atoms with van der Waals surface area (Å²) >= 11 is 0. The smallest absolute Gasteiger partial charge is 0.244 e. The minimum Gasteiger partial charge on any atom is -0.339 e. The van der Waals surface area contributed by atoms with Gasteiger partial charge in [0.1, 0.15) is 0 Å². The number of carbonyl (C=O) groups excluding carboxylic acids is 1. The van der Waals surface area contributed by atoms with Crippen molar-refractivity contribution in [1.82, 2.24) is 24.2 Å². The Labute approximate surface area is 200 Å². The van der Waals surface area contributed by atoms with Gasteiger partial charge in [-0.25, -0.2) is 8.42 Å². The number of likely N-dealkylation sites (N-methyl/N-ethyl adjacent to an activating group) is 1. The number of hydrogen-bond donors (Lipinski definition) is 0. The Kier molecular flexibility index (Phi) is 7.11. The van der Waals surface area contributed by atoms with Gasteiger partial charge in [0, 0.05) is 38.8 Å². The molecule has 1 aliphatic heterocycles. The largest absolute Gasteiger partial charge is 0.339 e. The lowest BCUT2D eigenvalue weighted by atomic mass is 10.1. The quantitative estimate of drug-likeness (QED) is 0.509. The number of amides is 1. The molecule has 0 radical (unpaired) electrons. The highest BCUT2D eigenvalue weighted by molar-refractivity contribution is 7.89. The van der Waals surface area contributed by atoms with Gasteiger partial charge in [0.05, 0.1) is 17.5 Å². The first-order chi connectivity index (χ1) is 16.3. The molecule has 9 nitrogen and oxygen atoms in total. The SMILES string of the molecule is Cc1ccc(-c2noc(C(C)N3CCN(C(=O)CN(C)S(=O)(=O)c4ccccc4)CC3)n2)cc1. The first-order valence-electron chi connectivity index (χ1n) is 11.2. The summed E-state index contributed by atoms with van der Waals surface area (Å²) in [6.07, 6.45) is 0. The maximum atomic E-state index is 12.8. The van der Waals surface area contributed by atoms with Gasteiger partial charge in [0.25, 0.3) is 0 Å². The van der Waals surface area contributed by atoms with Crippen LogP contribution in [0.4, 0.5) is 0 Å². The fourth-order valence-corrected chi connectivity index (χ4v) is 5.03. The molecule has 0 aliphatic carbocycles. The molecule has 1 amide bonds. The Balaban J connectivity index is 1.32. The van der Waals surface area contributed by atoms with E-state index < -0.39 is 10.0 Å². The van der Waals surface area contributed by atoms with Gasteiger partial charge in [-0.2, -0.15) is 9.29 Å². The lowest BCUT2D eigenvalue weighted by Gasteiger charge is -2.37.